The Bertz CT molecular complexity index is 890. The van der Waals surface area contributed by atoms with Crippen molar-refractivity contribution >= 4 is 34.7 Å². The van der Waals surface area contributed by atoms with Crippen LogP contribution < -0.4 is 10.2 Å². The van der Waals surface area contributed by atoms with Crippen LogP contribution in [0.3, 0.4) is 0 Å². The molecule has 1 heterocycles. The van der Waals surface area contributed by atoms with Crippen LogP contribution in [0.4, 0.5) is 25.8 Å². The van der Waals surface area contributed by atoms with Gasteiger partial charge in [-0.25, -0.2) is 0 Å². The first-order chi connectivity index (χ1) is 14.3. The van der Waals surface area contributed by atoms with Crippen LogP contribution in [0.5, 0.6) is 0 Å². The second-order valence-electron chi connectivity index (χ2n) is 6.84. The lowest BCUT2D eigenvalue weighted by Crippen LogP contribution is -2.52. The second kappa shape index (κ2) is 9.86. The molecule has 1 N–H and O–H groups in total. The lowest BCUT2D eigenvalue weighted by molar-refractivity contribution is -0.384. The van der Waals surface area contributed by atoms with Gasteiger partial charge in [0.2, 0.25) is 5.91 Å². The van der Waals surface area contributed by atoms with E-state index in [1.807, 2.05) is 9.80 Å². The zero-order valence-corrected chi connectivity index (χ0v) is 17.1. The maximum absolute atomic E-state index is 12.6. The van der Waals surface area contributed by atoms with E-state index >= 15 is 0 Å². The molecule has 3 rings (SSSR count). The van der Waals surface area contributed by atoms with Gasteiger partial charge in [-0.05, 0) is 37.3 Å². The van der Waals surface area contributed by atoms with Crippen molar-refractivity contribution in [3.63, 3.8) is 0 Å². The minimum absolute atomic E-state index is 0.0743. The normalized spacial score (nSPS) is 15.8. The number of anilines is 2. The molecule has 10 heteroatoms. The maximum Gasteiger partial charge on any atom is 0.292 e. The SMILES string of the molecule is CC(C(=O)Nc1ccc(SC(F)F)cc1)N1CCN(c2ccccc2[N+](=O)[O-])CC1. The van der Waals surface area contributed by atoms with Gasteiger partial charge in [-0.2, -0.15) is 8.78 Å². The Morgan fingerprint density at radius 2 is 1.73 bits per heavy atom. The third-order valence-corrected chi connectivity index (χ3v) is 5.73. The maximum atomic E-state index is 12.6. The number of hydrogen-bond donors (Lipinski definition) is 1. The third kappa shape index (κ3) is 5.45. The van der Waals surface area contributed by atoms with E-state index in [0.717, 1.165) is 0 Å². The van der Waals surface area contributed by atoms with Crippen molar-refractivity contribution in [2.75, 3.05) is 36.4 Å². The largest absolute Gasteiger partial charge is 0.363 e. The van der Waals surface area contributed by atoms with E-state index in [1.165, 1.54) is 6.07 Å². The summed E-state index contributed by atoms with van der Waals surface area (Å²) in [5.41, 5.74) is 1.20. The van der Waals surface area contributed by atoms with Gasteiger partial charge in [0, 0.05) is 42.8 Å². The summed E-state index contributed by atoms with van der Waals surface area (Å²) in [7, 11) is 0. The molecule has 0 radical (unpaired) electrons. The molecule has 2 aromatic rings. The average Bonchev–Trinajstić information content (AvgIpc) is 2.74. The minimum atomic E-state index is -2.48. The Hall–Kier alpha value is -2.72. The molecular weight excluding hydrogens is 414 g/mol. The lowest BCUT2D eigenvalue weighted by atomic mass is 10.1. The summed E-state index contributed by atoms with van der Waals surface area (Å²) in [6.45, 7) is 4.12. The van der Waals surface area contributed by atoms with E-state index in [2.05, 4.69) is 5.32 Å². The van der Waals surface area contributed by atoms with E-state index in [0.29, 0.717) is 54.2 Å². The van der Waals surface area contributed by atoms with Crippen LogP contribution in [-0.2, 0) is 4.79 Å². The van der Waals surface area contributed by atoms with Gasteiger partial charge in [-0.1, -0.05) is 23.9 Å². The minimum Gasteiger partial charge on any atom is -0.363 e. The zero-order valence-electron chi connectivity index (χ0n) is 16.3. The summed E-state index contributed by atoms with van der Waals surface area (Å²) >= 11 is 0.455. The van der Waals surface area contributed by atoms with Gasteiger partial charge in [0.05, 0.1) is 11.0 Å². The summed E-state index contributed by atoms with van der Waals surface area (Å²) in [5.74, 6) is -2.68. The van der Waals surface area contributed by atoms with E-state index < -0.39 is 11.8 Å². The van der Waals surface area contributed by atoms with Crippen LogP contribution in [0.2, 0.25) is 0 Å². The first kappa shape index (κ1) is 22.0. The van der Waals surface area contributed by atoms with Crippen molar-refractivity contribution in [2.45, 2.75) is 23.6 Å². The van der Waals surface area contributed by atoms with E-state index in [1.54, 1.807) is 49.4 Å². The monoisotopic (exact) mass is 436 g/mol. The highest BCUT2D eigenvalue weighted by Gasteiger charge is 2.28. The van der Waals surface area contributed by atoms with E-state index in [4.69, 9.17) is 0 Å². The van der Waals surface area contributed by atoms with Crippen LogP contribution in [0.15, 0.2) is 53.4 Å². The van der Waals surface area contributed by atoms with Crippen molar-refractivity contribution in [1.29, 1.82) is 0 Å². The van der Waals surface area contributed by atoms with Crippen molar-refractivity contribution in [2.24, 2.45) is 0 Å². The van der Waals surface area contributed by atoms with Gasteiger partial charge in [0.15, 0.2) is 0 Å². The lowest BCUT2D eigenvalue weighted by Gasteiger charge is -2.38. The molecule has 0 saturated carbocycles. The molecule has 1 aliphatic heterocycles. The van der Waals surface area contributed by atoms with Crippen LogP contribution in [-0.4, -0.2) is 53.7 Å². The number of hydrogen-bond acceptors (Lipinski definition) is 6. The summed E-state index contributed by atoms with van der Waals surface area (Å²) in [6.07, 6.45) is 0. The number of amides is 1. The summed E-state index contributed by atoms with van der Waals surface area (Å²) < 4.78 is 24.8. The van der Waals surface area contributed by atoms with Crippen LogP contribution in [0.25, 0.3) is 0 Å². The number of nitro groups is 1. The Morgan fingerprint density at radius 1 is 1.10 bits per heavy atom. The van der Waals surface area contributed by atoms with Crippen LogP contribution >= 0.6 is 11.8 Å². The van der Waals surface area contributed by atoms with E-state index in [-0.39, 0.29) is 16.5 Å². The predicted octanol–water partition coefficient (Wildman–Crippen LogP) is 4.06. The van der Waals surface area contributed by atoms with Gasteiger partial charge < -0.3 is 10.2 Å². The number of carbonyl (C=O) groups excluding carboxylic acids is 1. The molecule has 7 nitrogen and oxygen atoms in total. The fraction of sp³-hybridized carbons (Fsp3) is 0.350. The highest BCUT2D eigenvalue weighted by molar-refractivity contribution is 7.99. The molecule has 1 amide bonds. The van der Waals surface area contributed by atoms with Crippen molar-refractivity contribution in [1.82, 2.24) is 4.90 Å². The number of benzene rings is 2. The molecule has 2 aromatic carbocycles. The number of carbonyl (C=O) groups is 1. The fourth-order valence-corrected chi connectivity index (χ4v) is 3.87. The van der Waals surface area contributed by atoms with Gasteiger partial charge in [0.1, 0.15) is 5.69 Å². The van der Waals surface area contributed by atoms with Crippen LogP contribution in [0, 0.1) is 10.1 Å². The first-order valence-electron chi connectivity index (χ1n) is 9.43. The molecule has 0 bridgehead atoms. The number of piperazine rings is 1. The molecule has 1 aliphatic rings. The number of alkyl halides is 2. The molecule has 1 fully saturated rings. The molecule has 0 aliphatic carbocycles. The Morgan fingerprint density at radius 3 is 2.33 bits per heavy atom. The van der Waals surface area contributed by atoms with Gasteiger partial charge in [-0.15, -0.1) is 0 Å². The highest BCUT2D eigenvalue weighted by Crippen LogP contribution is 2.29. The molecule has 1 saturated heterocycles. The van der Waals surface area contributed by atoms with Crippen molar-refractivity contribution in [3.05, 3.63) is 58.6 Å². The predicted molar refractivity (Wildman–Crippen MR) is 113 cm³/mol. The number of rotatable bonds is 7. The number of nitro benzene ring substituents is 1. The third-order valence-electron chi connectivity index (χ3n) is 5.01. The average molecular weight is 436 g/mol. The number of nitrogens with one attached hydrogen (secondary N) is 1. The molecule has 1 unspecified atom stereocenters. The Kier molecular flexibility index (Phi) is 7.22. The van der Waals surface area contributed by atoms with Crippen molar-refractivity contribution in [3.8, 4) is 0 Å². The van der Waals surface area contributed by atoms with Gasteiger partial charge in [-0.3, -0.25) is 19.8 Å². The molecule has 0 spiro atoms. The molecule has 30 heavy (non-hydrogen) atoms. The summed E-state index contributed by atoms with van der Waals surface area (Å²) in [6, 6.07) is 12.5. The van der Waals surface area contributed by atoms with Crippen LogP contribution in [0.1, 0.15) is 6.92 Å². The molecule has 160 valence electrons. The Balaban J connectivity index is 1.55. The number of para-hydroxylation sites is 2. The fourth-order valence-electron chi connectivity index (χ4n) is 3.37. The molecule has 0 aromatic heterocycles. The molecule has 1 atom stereocenters. The van der Waals surface area contributed by atoms with Gasteiger partial charge >= 0.3 is 0 Å². The van der Waals surface area contributed by atoms with Gasteiger partial charge in [0.25, 0.3) is 11.4 Å². The highest BCUT2D eigenvalue weighted by atomic mass is 32.2. The number of nitrogens with zero attached hydrogens (tertiary/aromatic N) is 3. The number of thioether (sulfide) groups is 1. The molecular formula is C20H22F2N4O3S. The van der Waals surface area contributed by atoms with Crippen molar-refractivity contribution < 1.29 is 18.5 Å². The standard InChI is InChI=1S/C20H22F2N4O3S/c1-14(19(27)23-15-6-8-16(9-7-15)30-20(21)22)24-10-12-25(13-11-24)17-4-2-3-5-18(17)26(28)29/h2-9,14,20H,10-13H2,1H3,(H,23,27). The zero-order chi connectivity index (χ0) is 21.7. The smallest absolute Gasteiger partial charge is 0.292 e. The summed E-state index contributed by atoms with van der Waals surface area (Å²) in [4.78, 5) is 27.9. The number of halogens is 2. The first-order valence-corrected chi connectivity index (χ1v) is 10.3. The second-order valence-corrected chi connectivity index (χ2v) is 7.90. The topological polar surface area (TPSA) is 78.7 Å². The van der Waals surface area contributed by atoms with E-state index in [9.17, 15) is 23.7 Å². The summed E-state index contributed by atoms with van der Waals surface area (Å²) in [5, 5.41) is 14.1. The Labute approximate surface area is 177 Å². The quantitative estimate of drug-likeness (QED) is 0.401.